The quantitative estimate of drug-likeness (QED) is 0.465. The summed E-state index contributed by atoms with van der Waals surface area (Å²) in [4.78, 5) is 33.1. The van der Waals surface area contributed by atoms with Gasteiger partial charge in [-0.25, -0.2) is 4.79 Å². The Kier molecular flexibility index (Phi) is 7.35. The van der Waals surface area contributed by atoms with Gasteiger partial charge < -0.3 is 4.90 Å². The van der Waals surface area contributed by atoms with E-state index in [0.717, 1.165) is 30.8 Å². The summed E-state index contributed by atoms with van der Waals surface area (Å²) >= 11 is 0. The van der Waals surface area contributed by atoms with Gasteiger partial charge in [0.05, 0.1) is 6.54 Å². The molecule has 34 heavy (non-hydrogen) atoms. The molecule has 2 heterocycles. The number of hydrogen-bond acceptors (Lipinski definition) is 3. The number of halogens is 1. The number of amides is 3. The maximum absolute atomic E-state index is 13.8. The van der Waals surface area contributed by atoms with Gasteiger partial charge >= 0.3 is 6.03 Å². The van der Waals surface area contributed by atoms with Crippen LogP contribution in [-0.4, -0.2) is 45.3 Å². The van der Waals surface area contributed by atoms with Crippen LogP contribution in [0.3, 0.4) is 0 Å². The number of rotatable bonds is 6. The molecule has 3 amide bonds. The summed E-state index contributed by atoms with van der Waals surface area (Å²) < 4.78 is 0. The largest absolute Gasteiger partial charge is 0.328 e. The summed E-state index contributed by atoms with van der Waals surface area (Å²) in [6.07, 6.45) is 1.31. The van der Waals surface area contributed by atoms with Gasteiger partial charge in [-0.1, -0.05) is 91.0 Å². The van der Waals surface area contributed by atoms with Crippen LogP contribution >= 0.6 is 12.4 Å². The summed E-state index contributed by atoms with van der Waals surface area (Å²) in [5.74, 6) is -0.0494. The number of carbonyl (C=O) groups is 2. The molecule has 3 aromatic rings. The molecule has 2 fully saturated rings. The van der Waals surface area contributed by atoms with Gasteiger partial charge in [0.2, 0.25) is 0 Å². The molecular formula is C28H30ClN3O2. The highest BCUT2D eigenvalue weighted by atomic mass is 35.5. The van der Waals surface area contributed by atoms with Gasteiger partial charge in [-0.05, 0) is 29.5 Å². The second-order valence-corrected chi connectivity index (χ2v) is 9.02. The molecule has 0 atom stereocenters. The normalized spacial score (nSPS) is 17.8. The van der Waals surface area contributed by atoms with Crippen molar-refractivity contribution in [2.75, 3.05) is 13.1 Å². The number of urea groups is 1. The van der Waals surface area contributed by atoms with Crippen LogP contribution in [0.1, 0.15) is 29.5 Å². The molecule has 5 rings (SSSR count). The van der Waals surface area contributed by atoms with Crippen molar-refractivity contribution in [1.29, 1.82) is 0 Å². The molecule has 0 aliphatic carbocycles. The molecule has 2 saturated heterocycles. The molecule has 2 aliphatic rings. The highest BCUT2D eigenvalue weighted by molar-refractivity contribution is 6.07. The van der Waals surface area contributed by atoms with Gasteiger partial charge in [0, 0.05) is 26.2 Å². The van der Waals surface area contributed by atoms with Crippen molar-refractivity contribution >= 4 is 24.3 Å². The van der Waals surface area contributed by atoms with E-state index in [1.54, 1.807) is 0 Å². The third-order valence-corrected chi connectivity index (χ3v) is 6.92. The molecule has 2 aliphatic heterocycles. The van der Waals surface area contributed by atoms with E-state index in [-0.39, 0.29) is 24.3 Å². The van der Waals surface area contributed by atoms with Crippen molar-refractivity contribution in [3.63, 3.8) is 0 Å². The van der Waals surface area contributed by atoms with Crippen LogP contribution in [0.2, 0.25) is 0 Å². The van der Waals surface area contributed by atoms with Gasteiger partial charge in [0.25, 0.3) is 5.91 Å². The molecule has 1 spiro atoms. The van der Waals surface area contributed by atoms with E-state index >= 15 is 0 Å². The Labute approximate surface area is 207 Å². The molecule has 176 valence electrons. The summed E-state index contributed by atoms with van der Waals surface area (Å²) in [5.41, 5.74) is 2.52. The average molecular weight is 476 g/mol. The predicted octanol–water partition coefficient (Wildman–Crippen LogP) is 5.11. The molecule has 0 radical (unpaired) electrons. The number of piperidine rings is 1. The van der Waals surface area contributed by atoms with Crippen LogP contribution in [-0.2, 0) is 24.4 Å². The number of benzene rings is 3. The fourth-order valence-electron chi connectivity index (χ4n) is 5.08. The SMILES string of the molecule is Cl.O=C1N(Cc2ccccc2)C(=O)C2(CCN(Cc3ccccc3)CC2)N1Cc1ccccc1. The van der Waals surface area contributed by atoms with Crippen molar-refractivity contribution in [1.82, 2.24) is 14.7 Å². The van der Waals surface area contributed by atoms with Crippen LogP contribution < -0.4 is 0 Å². The van der Waals surface area contributed by atoms with E-state index in [2.05, 4.69) is 29.2 Å². The van der Waals surface area contributed by atoms with Gasteiger partial charge in [-0.15, -0.1) is 12.4 Å². The van der Waals surface area contributed by atoms with Gasteiger partial charge in [0.1, 0.15) is 5.54 Å². The van der Waals surface area contributed by atoms with E-state index in [0.29, 0.717) is 25.9 Å². The molecule has 0 saturated carbocycles. The third kappa shape index (κ3) is 4.72. The molecule has 0 aromatic heterocycles. The van der Waals surface area contributed by atoms with E-state index < -0.39 is 5.54 Å². The number of carbonyl (C=O) groups excluding carboxylic acids is 2. The topological polar surface area (TPSA) is 43.9 Å². The first kappa shape index (κ1) is 24.0. The van der Waals surface area contributed by atoms with E-state index in [9.17, 15) is 9.59 Å². The lowest BCUT2D eigenvalue weighted by atomic mass is 9.85. The number of nitrogens with zero attached hydrogens (tertiary/aromatic N) is 3. The third-order valence-electron chi connectivity index (χ3n) is 6.92. The molecule has 0 unspecified atom stereocenters. The van der Waals surface area contributed by atoms with Crippen molar-refractivity contribution in [2.45, 2.75) is 38.0 Å². The minimum absolute atomic E-state index is 0. The van der Waals surface area contributed by atoms with E-state index in [1.807, 2.05) is 71.6 Å². The number of hydrogen-bond donors (Lipinski definition) is 0. The molecule has 3 aromatic carbocycles. The zero-order valence-electron chi connectivity index (χ0n) is 19.2. The zero-order valence-corrected chi connectivity index (χ0v) is 20.0. The molecule has 0 N–H and O–H groups in total. The fraction of sp³-hybridized carbons (Fsp3) is 0.286. The Morgan fingerprint density at radius 1 is 0.618 bits per heavy atom. The second kappa shape index (κ2) is 10.4. The first-order chi connectivity index (χ1) is 16.2. The number of imide groups is 1. The van der Waals surface area contributed by atoms with Crippen LogP contribution in [0.25, 0.3) is 0 Å². The summed E-state index contributed by atoms with van der Waals surface area (Å²) in [7, 11) is 0. The first-order valence-corrected chi connectivity index (χ1v) is 11.6. The van der Waals surface area contributed by atoms with Crippen LogP contribution in [0, 0.1) is 0 Å². The standard InChI is InChI=1S/C28H29N3O2.ClH/c32-26-28(16-18-29(19-17-28)20-23-10-4-1-5-11-23)31(22-25-14-8-3-9-15-25)27(33)30(26)21-24-12-6-2-7-13-24;/h1-15H,16-22H2;1H. The Morgan fingerprint density at radius 3 is 1.56 bits per heavy atom. The maximum Gasteiger partial charge on any atom is 0.328 e. The van der Waals surface area contributed by atoms with Crippen LogP contribution in [0.15, 0.2) is 91.0 Å². The lowest BCUT2D eigenvalue weighted by Gasteiger charge is -2.42. The van der Waals surface area contributed by atoms with Crippen molar-refractivity contribution < 1.29 is 9.59 Å². The predicted molar refractivity (Wildman–Crippen MR) is 135 cm³/mol. The summed E-state index contributed by atoms with van der Waals surface area (Å²) in [6.45, 7) is 3.22. The maximum atomic E-state index is 13.8. The lowest BCUT2D eigenvalue weighted by Crippen LogP contribution is -2.56. The fourth-order valence-corrected chi connectivity index (χ4v) is 5.08. The number of likely N-dealkylation sites (tertiary alicyclic amines) is 1. The summed E-state index contributed by atoms with van der Waals surface area (Å²) in [6, 6.07) is 30.0. The molecule has 6 heteroatoms. The van der Waals surface area contributed by atoms with Crippen LogP contribution in [0.5, 0.6) is 0 Å². The monoisotopic (exact) mass is 475 g/mol. The van der Waals surface area contributed by atoms with E-state index in [4.69, 9.17) is 0 Å². The first-order valence-electron chi connectivity index (χ1n) is 11.6. The smallest absolute Gasteiger partial charge is 0.305 e. The van der Waals surface area contributed by atoms with Crippen molar-refractivity contribution in [2.24, 2.45) is 0 Å². The Morgan fingerprint density at radius 2 is 1.06 bits per heavy atom. The summed E-state index contributed by atoms with van der Waals surface area (Å²) in [5, 5.41) is 0. The molecule has 5 nitrogen and oxygen atoms in total. The lowest BCUT2D eigenvalue weighted by molar-refractivity contribution is -0.136. The van der Waals surface area contributed by atoms with Gasteiger partial charge in [-0.2, -0.15) is 0 Å². The van der Waals surface area contributed by atoms with E-state index in [1.165, 1.54) is 10.5 Å². The van der Waals surface area contributed by atoms with Gasteiger partial charge in [-0.3, -0.25) is 14.6 Å². The highest BCUT2D eigenvalue weighted by Crippen LogP contribution is 2.39. The molecule has 0 bridgehead atoms. The molecular weight excluding hydrogens is 446 g/mol. The Bertz CT molecular complexity index is 1100. The van der Waals surface area contributed by atoms with Gasteiger partial charge in [0.15, 0.2) is 0 Å². The highest BCUT2D eigenvalue weighted by Gasteiger charge is 2.57. The minimum atomic E-state index is -0.769. The Hall–Kier alpha value is -3.15. The zero-order chi connectivity index (χ0) is 22.7. The minimum Gasteiger partial charge on any atom is -0.305 e. The second-order valence-electron chi connectivity index (χ2n) is 9.02. The Balaban J connectivity index is 0.00000274. The average Bonchev–Trinajstić information content (AvgIpc) is 3.04. The van der Waals surface area contributed by atoms with Crippen LogP contribution in [0.4, 0.5) is 4.79 Å². The van der Waals surface area contributed by atoms with Crippen molar-refractivity contribution in [3.05, 3.63) is 108 Å². The van der Waals surface area contributed by atoms with Crippen molar-refractivity contribution in [3.8, 4) is 0 Å².